The topological polar surface area (TPSA) is 12.0 Å². The molecule has 1 aromatic carbocycles. The standard InChI is InChI=1S/C14H21NS/c1-11-7-8-12(14(9-11)16-2)10-15-13-5-3-4-6-13/h7-9,13,15H,3-6,10H2,1-2H3. The van der Waals surface area contributed by atoms with Crippen LogP contribution in [0.5, 0.6) is 0 Å². The second kappa shape index (κ2) is 5.74. The molecule has 1 aliphatic carbocycles. The van der Waals surface area contributed by atoms with E-state index in [0.717, 1.165) is 12.6 Å². The average Bonchev–Trinajstić information content (AvgIpc) is 2.80. The van der Waals surface area contributed by atoms with Crippen LogP contribution >= 0.6 is 11.8 Å². The zero-order valence-corrected chi connectivity index (χ0v) is 11.1. The summed E-state index contributed by atoms with van der Waals surface area (Å²) in [6.07, 6.45) is 7.69. The first-order chi connectivity index (χ1) is 7.79. The van der Waals surface area contributed by atoms with E-state index < -0.39 is 0 Å². The van der Waals surface area contributed by atoms with Crippen molar-refractivity contribution in [3.05, 3.63) is 29.3 Å². The van der Waals surface area contributed by atoms with Crippen molar-refractivity contribution in [2.45, 2.75) is 50.1 Å². The van der Waals surface area contributed by atoms with Crippen molar-refractivity contribution >= 4 is 11.8 Å². The molecule has 0 amide bonds. The number of hydrogen-bond donors (Lipinski definition) is 1. The van der Waals surface area contributed by atoms with Crippen LogP contribution in [0.25, 0.3) is 0 Å². The van der Waals surface area contributed by atoms with E-state index in [2.05, 4.69) is 36.7 Å². The van der Waals surface area contributed by atoms with E-state index >= 15 is 0 Å². The van der Waals surface area contributed by atoms with Crippen molar-refractivity contribution in [3.63, 3.8) is 0 Å². The number of nitrogens with one attached hydrogen (secondary N) is 1. The van der Waals surface area contributed by atoms with Gasteiger partial charge in [-0.2, -0.15) is 0 Å². The summed E-state index contributed by atoms with van der Waals surface area (Å²) >= 11 is 1.85. The third kappa shape index (κ3) is 3.02. The van der Waals surface area contributed by atoms with Crippen LogP contribution in [0, 0.1) is 6.92 Å². The summed E-state index contributed by atoms with van der Waals surface area (Å²) in [5.74, 6) is 0. The van der Waals surface area contributed by atoms with Gasteiger partial charge in [0.1, 0.15) is 0 Å². The molecule has 16 heavy (non-hydrogen) atoms. The minimum absolute atomic E-state index is 0.760. The molecule has 1 N–H and O–H groups in total. The molecule has 1 aromatic rings. The number of thioether (sulfide) groups is 1. The molecule has 0 bridgehead atoms. The molecule has 1 aliphatic rings. The molecule has 0 heterocycles. The van der Waals surface area contributed by atoms with Gasteiger partial charge in [-0.1, -0.05) is 25.0 Å². The highest BCUT2D eigenvalue weighted by molar-refractivity contribution is 7.98. The van der Waals surface area contributed by atoms with Crippen molar-refractivity contribution in [1.29, 1.82) is 0 Å². The van der Waals surface area contributed by atoms with Crippen LogP contribution in [0.4, 0.5) is 0 Å². The van der Waals surface area contributed by atoms with Gasteiger partial charge < -0.3 is 5.32 Å². The summed E-state index contributed by atoms with van der Waals surface area (Å²) in [5.41, 5.74) is 2.80. The normalized spacial score (nSPS) is 16.9. The van der Waals surface area contributed by atoms with Crippen molar-refractivity contribution < 1.29 is 0 Å². The van der Waals surface area contributed by atoms with Crippen LogP contribution in [-0.2, 0) is 6.54 Å². The Labute approximate surface area is 103 Å². The van der Waals surface area contributed by atoms with Crippen molar-refractivity contribution in [3.8, 4) is 0 Å². The zero-order chi connectivity index (χ0) is 11.4. The largest absolute Gasteiger partial charge is 0.310 e. The Hall–Kier alpha value is -0.470. The summed E-state index contributed by atoms with van der Waals surface area (Å²) in [7, 11) is 0. The molecule has 0 unspecified atom stereocenters. The van der Waals surface area contributed by atoms with E-state index in [-0.39, 0.29) is 0 Å². The van der Waals surface area contributed by atoms with Gasteiger partial charge in [0.25, 0.3) is 0 Å². The maximum Gasteiger partial charge on any atom is 0.0219 e. The first-order valence-electron chi connectivity index (χ1n) is 6.16. The highest BCUT2D eigenvalue weighted by atomic mass is 32.2. The predicted octanol–water partition coefficient (Wildman–Crippen LogP) is 3.75. The van der Waals surface area contributed by atoms with E-state index in [1.807, 2.05) is 11.8 Å². The lowest BCUT2D eigenvalue weighted by atomic mass is 10.1. The van der Waals surface area contributed by atoms with Crippen LogP contribution in [0.15, 0.2) is 23.1 Å². The maximum absolute atomic E-state index is 3.68. The highest BCUT2D eigenvalue weighted by Crippen LogP contribution is 2.23. The fraction of sp³-hybridized carbons (Fsp3) is 0.571. The summed E-state index contributed by atoms with van der Waals surface area (Å²) in [6, 6.07) is 7.53. The maximum atomic E-state index is 3.68. The lowest BCUT2D eigenvalue weighted by molar-refractivity contribution is 0.521. The number of aryl methyl sites for hydroxylation is 1. The molecule has 2 rings (SSSR count). The summed E-state index contributed by atoms with van der Waals surface area (Å²) < 4.78 is 0. The Morgan fingerprint density at radius 1 is 1.31 bits per heavy atom. The minimum Gasteiger partial charge on any atom is -0.310 e. The van der Waals surface area contributed by atoms with E-state index in [1.165, 1.54) is 41.7 Å². The Morgan fingerprint density at radius 3 is 2.75 bits per heavy atom. The molecule has 0 saturated heterocycles. The highest BCUT2D eigenvalue weighted by Gasteiger charge is 2.14. The quantitative estimate of drug-likeness (QED) is 0.798. The van der Waals surface area contributed by atoms with Gasteiger partial charge in [-0.15, -0.1) is 11.8 Å². The third-order valence-corrected chi connectivity index (χ3v) is 4.20. The van der Waals surface area contributed by atoms with Gasteiger partial charge in [0.05, 0.1) is 0 Å². The van der Waals surface area contributed by atoms with E-state index in [4.69, 9.17) is 0 Å². The molecule has 88 valence electrons. The van der Waals surface area contributed by atoms with Crippen LogP contribution in [0.2, 0.25) is 0 Å². The Balaban J connectivity index is 1.97. The molecule has 1 nitrogen and oxygen atoms in total. The van der Waals surface area contributed by atoms with Crippen LogP contribution in [-0.4, -0.2) is 12.3 Å². The van der Waals surface area contributed by atoms with Gasteiger partial charge >= 0.3 is 0 Å². The lowest BCUT2D eigenvalue weighted by Gasteiger charge is -2.14. The number of hydrogen-bond acceptors (Lipinski definition) is 2. The second-order valence-corrected chi connectivity index (χ2v) is 5.53. The van der Waals surface area contributed by atoms with Gasteiger partial charge in [0.2, 0.25) is 0 Å². The van der Waals surface area contributed by atoms with Gasteiger partial charge in [0, 0.05) is 17.5 Å². The molecule has 0 atom stereocenters. The smallest absolute Gasteiger partial charge is 0.0219 e. The minimum atomic E-state index is 0.760. The second-order valence-electron chi connectivity index (χ2n) is 4.68. The van der Waals surface area contributed by atoms with E-state index in [1.54, 1.807) is 0 Å². The van der Waals surface area contributed by atoms with Crippen molar-refractivity contribution in [1.82, 2.24) is 5.32 Å². The average molecular weight is 235 g/mol. The molecule has 0 aliphatic heterocycles. The third-order valence-electron chi connectivity index (χ3n) is 3.38. The Morgan fingerprint density at radius 2 is 2.06 bits per heavy atom. The number of rotatable bonds is 4. The van der Waals surface area contributed by atoms with Crippen molar-refractivity contribution in [2.75, 3.05) is 6.26 Å². The van der Waals surface area contributed by atoms with Gasteiger partial charge in [-0.05, 0) is 43.2 Å². The molecule has 0 radical (unpaired) electrons. The first kappa shape index (κ1) is 12.0. The fourth-order valence-electron chi connectivity index (χ4n) is 2.38. The molecule has 1 fully saturated rings. The Kier molecular flexibility index (Phi) is 4.30. The van der Waals surface area contributed by atoms with Gasteiger partial charge in [-0.25, -0.2) is 0 Å². The molecule has 2 heteroatoms. The first-order valence-corrected chi connectivity index (χ1v) is 7.39. The van der Waals surface area contributed by atoms with Crippen molar-refractivity contribution in [2.24, 2.45) is 0 Å². The lowest BCUT2D eigenvalue weighted by Crippen LogP contribution is -2.25. The molecule has 0 spiro atoms. The zero-order valence-electron chi connectivity index (χ0n) is 10.3. The van der Waals surface area contributed by atoms with E-state index in [0.29, 0.717) is 0 Å². The Bertz CT molecular complexity index is 343. The van der Waals surface area contributed by atoms with Crippen LogP contribution in [0.1, 0.15) is 36.8 Å². The van der Waals surface area contributed by atoms with E-state index in [9.17, 15) is 0 Å². The number of benzene rings is 1. The van der Waals surface area contributed by atoms with Gasteiger partial charge in [0.15, 0.2) is 0 Å². The summed E-state index contributed by atoms with van der Waals surface area (Å²) in [4.78, 5) is 1.42. The molecule has 1 saturated carbocycles. The monoisotopic (exact) mass is 235 g/mol. The summed E-state index contributed by atoms with van der Waals surface area (Å²) in [6.45, 7) is 3.19. The molecule has 0 aromatic heterocycles. The summed E-state index contributed by atoms with van der Waals surface area (Å²) in [5, 5.41) is 3.68. The van der Waals surface area contributed by atoms with Crippen LogP contribution < -0.4 is 5.32 Å². The molecular formula is C14H21NS. The SMILES string of the molecule is CSc1cc(C)ccc1CNC1CCCC1. The van der Waals surface area contributed by atoms with Crippen LogP contribution in [0.3, 0.4) is 0 Å². The predicted molar refractivity (Wildman–Crippen MR) is 72.1 cm³/mol. The fourth-order valence-corrected chi connectivity index (χ4v) is 3.09. The molecular weight excluding hydrogens is 214 g/mol. The van der Waals surface area contributed by atoms with Gasteiger partial charge in [-0.3, -0.25) is 0 Å².